The van der Waals surface area contributed by atoms with Gasteiger partial charge in [0.05, 0.1) is 12.0 Å². The minimum Gasteiger partial charge on any atom is -0.468 e. The molecule has 0 radical (unpaired) electrons. The summed E-state index contributed by atoms with van der Waals surface area (Å²) in [7, 11) is -2.68. The van der Waals surface area contributed by atoms with E-state index in [1.807, 2.05) is 67.6 Å². The van der Waals surface area contributed by atoms with E-state index in [2.05, 4.69) is 10.0 Å². The third-order valence-corrected chi connectivity index (χ3v) is 8.29. The van der Waals surface area contributed by atoms with E-state index >= 15 is 0 Å². The maximum Gasteiger partial charge on any atom is 0.323 e. The number of aryl methyl sites for hydroxylation is 1. The molecule has 0 aromatic heterocycles. The normalized spacial score (nSPS) is 13.9. The van der Waals surface area contributed by atoms with E-state index in [1.165, 1.54) is 31.0 Å². The Bertz CT molecular complexity index is 1270. The zero-order valence-corrected chi connectivity index (χ0v) is 22.1. The van der Waals surface area contributed by atoms with Gasteiger partial charge in [0.2, 0.25) is 15.9 Å². The van der Waals surface area contributed by atoms with Gasteiger partial charge in [-0.2, -0.15) is 4.72 Å². The topological polar surface area (TPSA) is 102 Å². The molecule has 0 aliphatic heterocycles. The Labute approximate surface area is 216 Å². The second kappa shape index (κ2) is 12.2. The molecule has 0 saturated carbocycles. The molecular weight excluding hydrogens is 496 g/mol. The Kier molecular flexibility index (Phi) is 9.31. The Hall–Kier alpha value is -3.14. The number of amides is 1. The lowest BCUT2D eigenvalue weighted by molar-refractivity contribution is -0.143. The number of thioether (sulfide) groups is 1. The van der Waals surface area contributed by atoms with Gasteiger partial charge in [0, 0.05) is 11.4 Å². The molecule has 1 amide bonds. The summed E-state index contributed by atoms with van der Waals surface area (Å²) in [4.78, 5) is 26.9. The van der Waals surface area contributed by atoms with Gasteiger partial charge in [0.1, 0.15) is 10.8 Å². The fourth-order valence-electron chi connectivity index (χ4n) is 3.50. The minimum absolute atomic E-state index is 0.0599. The number of sulfonamides is 1. The highest BCUT2D eigenvalue weighted by atomic mass is 32.2. The third kappa shape index (κ3) is 7.43. The van der Waals surface area contributed by atoms with Gasteiger partial charge in [0.15, 0.2) is 0 Å². The first kappa shape index (κ1) is 27.4. The molecule has 0 heterocycles. The van der Waals surface area contributed by atoms with E-state index in [0.717, 1.165) is 16.0 Å². The maximum absolute atomic E-state index is 13.3. The molecule has 0 aliphatic carbocycles. The van der Waals surface area contributed by atoms with Crippen molar-refractivity contribution in [2.45, 2.75) is 40.8 Å². The third-order valence-electron chi connectivity index (χ3n) is 5.53. The fourth-order valence-corrected chi connectivity index (χ4v) is 5.82. The Morgan fingerprint density at radius 3 is 2.11 bits per heavy atom. The summed E-state index contributed by atoms with van der Waals surface area (Å²) >= 11 is 1.26. The van der Waals surface area contributed by atoms with E-state index in [0.29, 0.717) is 0 Å². The second-order valence-corrected chi connectivity index (χ2v) is 11.8. The summed E-state index contributed by atoms with van der Waals surface area (Å²) in [5.74, 6) is -1.05. The van der Waals surface area contributed by atoms with Gasteiger partial charge >= 0.3 is 5.97 Å². The van der Waals surface area contributed by atoms with Crippen molar-refractivity contribution in [3.63, 3.8) is 0 Å². The van der Waals surface area contributed by atoms with Crippen LogP contribution in [0.1, 0.15) is 18.1 Å². The Balaban J connectivity index is 1.82. The Morgan fingerprint density at radius 2 is 1.53 bits per heavy atom. The average molecular weight is 527 g/mol. The van der Waals surface area contributed by atoms with Gasteiger partial charge < -0.3 is 10.1 Å². The lowest BCUT2D eigenvalue weighted by Crippen LogP contribution is -2.52. The molecule has 0 unspecified atom stereocenters. The summed E-state index contributed by atoms with van der Waals surface area (Å²) in [6.45, 7) is 3.48. The zero-order valence-electron chi connectivity index (χ0n) is 20.4. The highest BCUT2D eigenvalue weighted by Crippen LogP contribution is 2.33. The predicted octanol–water partition coefficient (Wildman–Crippen LogP) is 3.72. The van der Waals surface area contributed by atoms with Crippen molar-refractivity contribution in [3.8, 4) is 0 Å². The number of hydrogen-bond donors (Lipinski definition) is 2. The number of carbonyl (C=O) groups excluding carboxylic acids is 2. The van der Waals surface area contributed by atoms with E-state index in [4.69, 9.17) is 4.74 Å². The number of esters is 1. The standard InChI is InChI=1S/C27H30N2O5S2/c1-20-14-16-23(17-15-20)36(32,33)29-24(18-21-10-6-4-7-11-21)25(30)28-19-27(2,26(31)34-3)35-22-12-8-5-9-13-22/h4-17,24,29H,18-19H2,1-3H3,(H,28,30)/t24-,27-/m0/s1. The summed E-state index contributed by atoms with van der Waals surface area (Å²) in [5, 5.41) is 2.77. The molecule has 2 atom stereocenters. The summed E-state index contributed by atoms with van der Waals surface area (Å²) < 4.78 is 32.6. The molecule has 9 heteroatoms. The highest BCUT2D eigenvalue weighted by molar-refractivity contribution is 8.01. The number of ether oxygens (including phenoxy) is 1. The molecule has 190 valence electrons. The van der Waals surface area contributed by atoms with Crippen LogP contribution in [-0.2, 0) is 30.8 Å². The molecule has 3 aromatic carbocycles. The smallest absolute Gasteiger partial charge is 0.323 e. The van der Waals surface area contributed by atoms with E-state index < -0.39 is 32.7 Å². The summed E-state index contributed by atoms with van der Waals surface area (Å²) in [6, 6.07) is 23.7. The quantitative estimate of drug-likeness (QED) is 0.292. The van der Waals surface area contributed by atoms with Crippen molar-refractivity contribution in [2.75, 3.05) is 13.7 Å². The molecule has 3 rings (SSSR count). The van der Waals surface area contributed by atoms with Crippen LogP contribution in [0.4, 0.5) is 0 Å². The van der Waals surface area contributed by atoms with Crippen LogP contribution in [0.3, 0.4) is 0 Å². The highest BCUT2D eigenvalue weighted by Gasteiger charge is 2.37. The molecule has 2 N–H and O–H groups in total. The lowest BCUT2D eigenvalue weighted by atomic mass is 10.1. The van der Waals surface area contributed by atoms with E-state index in [1.54, 1.807) is 19.1 Å². The van der Waals surface area contributed by atoms with Crippen LogP contribution in [0.15, 0.2) is 94.7 Å². The van der Waals surface area contributed by atoms with Crippen LogP contribution in [-0.4, -0.2) is 44.7 Å². The number of carbonyl (C=O) groups is 2. The number of nitrogens with one attached hydrogen (secondary N) is 2. The Morgan fingerprint density at radius 1 is 0.944 bits per heavy atom. The number of hydrogen-bond acceptors (Lipinski definition) is 6. The van der Waals surface area contributed by atoms with Crippen molar-refractivity contribution in [1.29, 1.82) is 0 Å². The summed E-state index contributed by atoms with van der Waals surface area (Å²) in [6.07, 6.45) is 0.137. The number of rotatable bonds is 11. The van der Waals surface area contributed by atoms with Crippen LogP contribution in [0.25, 0.3) is 0 Å². The molecule has 3 aromatic rings. The molecule has 0 fully saturated rings. The van der Waals surface area contributed by atoms with E-state index in [9.17, 15) is 18.0 Å². The van der Waals surface area contributed by atoms with Crippen LogP contribution >= 0.6 is 11.8 Å². The molecule has 0 aliphatic rings. The largest absolute Gasteiger partial charge is 0.468 e. The van der Waals surface area contributed by atoms with Crippen LogP contribution in [0.5, 0.6) is 0 Å². The first-order valence-electron chi connectivity index (χ1n) is 11.4. The van der Waals surface area contributed by atoms with Crippen molar-refractivity contribution in [3.05, 3.63) is 96.1 Å². The summed E-state index contributed by atoms with van der Waals surface area (Å²) in [5.41, 5.74) is 1.71. The SMILES string of the molecule is COC(=O)[C@](C)(CNC(=O)[C@H](Cc1ccccc1)NS(=O)(=O)c1ccc(C)cc1)Sc1ccccc1. The fraction of sp³-hybridized carbons (Fsp3) is 0.259. The van der Waals surface area contributed by atoms with Gasteiger partial charge in [-0.15, -0.1) is 11.8 Å². The monoisotopic (exact) mass is 526 g/mol. The van der Waals surface area contributed by atoms with Gasteiger partial charge in [-0.25, -0.2) is 8.42 Å². The first-order chi connectivity index (χ1) is 17.1. The first-order valence-corrected chi connectivity index (χ1v) is 13.7. The maximum atomic E-state index is 13.3. The van der Waals surface area contributed by atoms with Crippen molar-refractivity contribution >= 4 is 33.7 Å². The molecule has 0 saturated heterocycles. The second-order valence-electron chi connectivity index (χ2n) is 8.53. The average Bonchev–Trinajstić information content (AvgIpc) is 2.87. The molecule has 36 heavy (non-hydrogen) atoms. The lowest BCUT2D eigenvalue weighted by Gasteiger charge is -2.27. The van der Waals surface area contributed by atoms with Gasteiger partial charge in [-0.3, -0.25) is 9.59 Å². The van der Waals surface area contributed by atoms with Crippen molar-refractivity contribution in [2.24, 2.45) is 0 Å². The van der Waals surface area contributed by atoms with Crippen LogP contribution in [0.2, 0.25) is 0 Å². The molecular formula is C27H30N2O5S2. The molecule has 7 nitrogen and oxygen atoms in total. The van der Waals surface area contributed by atoms with E-state index in [-0.39, 0.29) is 17.9 Å². The number of methoxy groups -OCH3 is 1. The molecule has 0 bridgehead atoms. The van der Waals surface area contributed by atoms with Crippen LogP contribution < -0.4 is 10.0 Å². The van der Waals surface area contributed by atoms with Gasteiger partial charge in [-0.05, 0) is 50.1 Å². The van der Waals surface area contributed by atoms with Crippen molar-refractivity contribution < 1.29 is 22.7 Å². The molecule has 0 spiro atoms. The number of benzene rings is 3. The zero-order chi connectivity index (χ0) is 26.2. The van der Waals surface area contributed by atoms with Crippen LogP contribution in [0, 0.1) is 6.92 Å². The minimum atomic E-state index is -3.97. The van der Waals surface area contributed by atoms with Crippen molar-refractivity contribution in [1.82, 2.24) is 10.0 Å². The van der Waals surface area contributed by atoms with Gasteiger partial charge in [-0.1, -0.05) is 66.2 Å². The van der Waals surface area contributed by atoms with Gasteiger partial charge in [0.25, 0.3) is 0 Å². The predicted molar refractivity (Wildman–Crippen MR) is 141 cm³/mol.